The van der Waals surface area contributed by atoms with Crippen LogP contribution in [0.4, 0.5) is 5.82 Å². The predicted octanol–water partition coefficient (Wildman–Crippen LogP) is 3.12. The van der Waals surface area contributed by atoms with E-state index in [1.165, 1.54) is 19.3 Å². The number of benzene rings is 1. The molecule has 3 aliphatic rings. The highest BCUT2D eigenvalue weighted by atomic mass is 16.5. The van der Waals surface area contributed by atoms with Crippen LogP contribution in [0.25, 0.3) is 22.4 Å². The third-order valence-corrected chi connectivity index (χ3v) is 7.04. The largest absolute Gasteiger partial charge is 0.507 e. The second-order valence-corrected chi connectivity index (χ2v) is 9.21. The Kier molecular flexibility index (Phi) is 4.75. The van der Waals surface area contributed by atoms with Gasteiger partial charge in [0.15, 0.2) is 11.6 Å². The maximum absolute atomic E-state index is 10.7. The lowest BCUT2D eigenvalue weighted by atomic mass is 9.83. The molecule has 2 atom stereocenters. The molecule has 5 heterocycles. The van der Waals surface area contributed by atoms with E-state index in [9.17, 15) is 5.11 Å². The van der Waals surface area contributed by atoms with Crippen LogP contribution in [0.15, 0.2) is 36.7 Å². The number of nitrogens with zero attached hydrogens (tertiary/aromatic N) is 5. The normalized spacial score (nSPS) is 24.7. The van der Waals surface area contributed by atoms with Gasteiger partial charge in [0, 0.05) is 48.6 Å². The van der Waals surface area contributed by atoms with Gasteiger partial charge in [0.25, 0.3) is 0 Å². The fourth-order valence-electron chi connectivity index (χ4n) is 5.51. The molecule has 2 fully saturated rings. The molecule has 0 spiro atoms. The van der Waals surface area contributed by atoms with E-state index in [2.05, 4.69) is 25.5 Å². The lowest BCUT2D eigenvalue weighted by molar-refractivity contribution is 0.205. The summed E-state index contributed by atoms with van der Waals surface area (Å²) in [6.07, 6.45) is 9.87. The summed E-state index contributed by atoms with van der Waals surface area (Å²) in [4.78, 5) is 2.40. The van der Waals surface area contributed by atoms with Crippen molar-refractivity contribution in [3.63, 3.8) is 0 Å². The minimum Gasteiger partial charge on any atom is -0.507 e. The number of phenols is 1. The number of aryl methyl sites for hydroxylation is 1. The number of phenolic OH excluding ortho intramolecular Hbond substituents is 1. The average Bonchev–Trinajstić information content (AvgIpc) is 3.24. The molecule has 32 heavy (non-hydrogen) atoms. The minimum absolute atomic E-state index is 0.166. The molecule has 8 nitrogen and oxygen atoms in total. The monoisotopic (exact) mass is 432 g/mol. The number of aromatic hydroxyl groups is 1. The molecule has 2 aromatic heterocycles. The standard InChI is InChI=1S/C24H28N6O2/c1-29-14-16(13-25-29)15-5-6-20(22(31)9-15)21-12-23-24(28-27-21)30(7-8-32-23)19-10-17-3-2-4-18(11-19)26-17/h5-6,9,12-14,17-19,26,31H,2-4,7-8,10-11H2,1H3. The molecule has 0 amide bonds. The highest BCUT2D eigenvalue weighted by molar-refractivity contribution is 5.75. The van der Waals surface area contributed by atoms with E-state index in [-0.39, 0.29) is 5.75 Å². The number of hydrogen-bond acceptors (Lipinski definition) is 7. The predicted molar refractivity (Wildman–Crippen MR) is 122 cm³/mol. The van der Waals surface area contributed by atoms with Gasteiger partial charge < -0.3 is 20.1 Å². The number of hydrogen-bond donors (Lipinski definition) is 2. The van der Waals surface area contributed by atoms with Crippen molar-refractivity contribution in [2.24, 2.45) is 7.05 Å². The van der Waals surface area contributed by atoms with Crippen LogP contribution in [0, 0.1) is 0 Å². The molecule has 6 rings (SSSR count). The van der Waals surface area contributed by atoms with Crippen LogP contribution in [0.5, 0.6) is 11.5 Å². The van der Waals surface area contributed by atoms with Crippen LogP contribution in [0.1, 0.15) is 32.1 Å². The van der Waals surface area contributed by atoms with Gasteiger partial charge in [-0.3, -0.25) is 4.68 Å². The van der Waals surface area contributed by atoms with Crippen molar-refractivity contribution >= 4 is 5.82 Å². The van der Waals surface area contributed by atoms with Crippen LogP contribution >= 0.6 is 0 Å². The lowest BCUT2D eigenvalue weighted by Gasteiger charge is -2.46. The highest BCUT2D eigenvalue weighted by Crippen LogP contribution is 2.39. The van der Waals surface area contributed by atoms with Crippen LogP contribution in [-0.4, -0.2) is 56.4 Å². The Hall–Kier alpha value is -3.13. The van der Waals surface area contributed by atoms with E-state index in [1.54, 1.807) is 16.9 Å². The summed E-state index contributed by atoms with van der Waals surface area (Å²) in [5.74, 6) is 1.75. The maximum Gasteiger partial charge on any atom is 0.194 e. The van der Waals surface area contributed by atoms with Gasteiger partial charge in [-0.25, -0.2) is 0 Å². The van der Waals surface area contributed by atoms with E-state index >= 15 is 0 Å². The molecular weight excluding hydrogens is 404 g/mol. The number of rotatable bonds is 3. The second kappa shape index (κ2) is 7.78. The van der Waals surface area contributed by atoms with Gasteiger partial charge in [-0.15, -0.1) is 10.2 Å². The number of ether oxygens (including phenoxy) is 1. The molecule has 2 bridgehead atoms. The zero-order chi connectivity index (χ0) is 21.7. The molecule has 0 radical (unpaired) electrons. The lowest BCUT2D eigenvalue weighted by Crippen LogP contribution is -2.56. The molecule has 2 unspecified atom stereocenters. The van der Waals surface area contributed by atoms with Crippen molar-refractivity contribution in [3.8, 4) is 33.9 Å². The van der Waals surface area contributed by atoms with E-state index < -0.39 is 0 Å². The van der Waals surface area contributed by atoms with Crippen molar-refractivity contribution in [1.29, 1.82) is 0 Å². The Bertz CT molecular complexity index is 1130. The minimum atomic E-state index is 0.166. The quantitative estimate of drug-likeness (QED) is 0.657. The van der Waals surface area contributed by atoms with Crippen molar-refractivity contribution in [2.75, 3.05) is 18.1 Å². The molecular formula is C24H28N6O2. The van der Waals surface area contributed by atoms with Crippen LogP contribution in [0.3, 0.4) is 0 Å². The van der Waals surface area contributed by atoms with E-state index in [1.807, 2.05) is 31.4 Å². The Morgan fingerprint density at radius 3 is 2.69 bits per heavy atom. The summed E-state index contributed by atoms with van der Waals surface area (Å²) >= 11 is 0. The Morgan fingerprint density at radius 1 is 1.09 bits per heavy atom. The fourth-order valence-corrected chi connectivity index (χ4v) is 5.51. The second-order valence-electron chi connectivity index (χ2n) is 9.21. The average molecular weight is 433 g/mol. The van der Waals surface area contributed by atoms with Crippen molar-refractivity contribution < 1.29 is 9.84 Å². The number of aromatic nitrogens is 4. The summed E-state index contributed by atoms with van der Waals surface area (Å²) in [7, 11) is 1.87. The van der Waals surface area contributed by atoms with Gasteiger partial charge in [0.2, 0.25) is 0 Å². The van der Waals surface area contributed by atoms with Crippen LogP contribution in [0.2, 0.25) is 0 Å². The summed E-state index contributed by atoms with van der Waals surface area (Å²) < 4.78 is 7.73. The van der Waals surface area contributed by atoms with Crippen LogP contribution < -0.4 is 15.0 Å². The van der Waals surface area contributed by atoms with Gasteiger partial charge in [0.05, 0.1) is 12.7 Å². The first-order valence-electron chi connectivity index (χ1n) is 11.5. The smallest absolute Gasteiger partial charge is 0.194 e. The molecule has 0 aliphatic carbocycles. The van der Waals surface area contributed by atoms with E-state index in [0.29, 0.717) is 36.0 Å². The number of fused-ring (bicyclic) bond motifs is 3. The molecule has 3 aromatic rings. The number of nitrogens with one attached hydrogen (secondary N) is 1. The van der Waals surface area contributed by atoms with Crippen molar-refractivity contribution in [1.82, 2.24) is 25.3 Å². The fraction of sp³-hybridized carbons (Fsp3) is 0.458. The molecule has 166 valence electrons. The Morgan fingerprint density at radius 2 is 1.94 bits per heavy atom. The molecule has 2 saturated heterocycles. The third kappa shape index (κ3) is 3.48. The van der Waals surface area contributed by atoms with Gasteiger partial charge >= 0.3 is 0 Å². The highest BCUT2D eigenvalue weighted by Gasteiger charge is 2.36. The molecule has 8 heteroatoms. The zero-order valence-corrected chi connectivity index (χ0v) is 18.2. The van der Waals surface area contributed by atoms with E-state index in [0.717, 1.165) is 42.1 Å². The summed E-state index contributed by atoms with van der Waals surface area (Å²) in [5.41, 5.74) is 3.12. The van der Waals surface area contributed by atoms with Gasteiger partial charge in [-0.2, -0.15) is 5.10 Å². The van der Waals surface area contributed by atoms with Gasteiger partial charge in [-0.1, -0.05) is 12.5 Å². The number of anilines is 1. The van der Waals surface area contributed by atoms with E-state index in [4.69, 9.17) is 4.74 Å². The molecule has 1 aromatic carbocycles. The summed E-state index contributed by atoms with van der Waals surface area (Å²) in [6, 6.07) is 9.20. The maximum atomic E-state index is 10.7. The molecule has 0 saturated carbocycles. The van der Waals surface area contributed by atoms with Gasteiger partial charge in [-0.05, 0) is 43.4 Å². The third-order valence-electron chi connectivity index (χ3n) is 7.04. The zero-order valence-electron chi connectivity index (χ0n) is 18.2. The van der Waals surface area contributed by atoms with Crippen molar-refractivity contribution in [3.05, 3.63) is 36.7 Å². The number of piperidine rings is 2. The Balaban J connectivity index is 1.28. The molecule has 3 aliphatic heterocycles. The van der Waals surface area contributed by atoms with Gasteiger partial charge in [0.1, 0.15) is 18.1 Å². The Labute approximate surface area is 187 Å². The topological polar surface area (TPSA) is 88.3 Å². The summed E-state index contributed by atoms with van der Waals surface area (Å²) in [6.45, 7) is 1.49. The first-order chi connectivity index (χ1) is 15.6. The van der Waals surface area contributed by atoms with Crippen LogP contribution in [-0.2, 0) is 7.05 Å². The molecule has 2 N–H and O–H groups in total. The summed E-state index contributed by atoms with van der Waals surface area (Å²) in [5, 5.41) is 27.7. The first kappa shape index (κ1) is 19.5. The SMILES string of the molecule is Cn1cc(-c2ccc(-c3cc4c(nn3)N(C3CC5CCCC(C3)N5)CCO4)c(O)c2)cn1. The first-order valence-corrected chi connectivity index (χ1v) is 11.5. The van der Waals surface area contributed by atoms with Crippen molar-refractivity contribution in [2.45, 2.75) is 50.2 Å².